The number of piperidine rings is 1. The lowest BCUT2D eigenvalue weighted by atomic mass is 9.77. The molecule has 0 radical (unpaired) electrons. The molecule has 1 aliphatic heterocycles. The van der Waals surface area contributed by atoms with E-state index in [1.54, 1.807) is 24.4 Å². The zero-order valence-corrected chi connectivity index (χ0v) is 28.1. The molecule has 3 aliphatic rings. The quantitative estimate of drug-likeness (QED) is 0.231. The molecule has 10 nitrogen and oxygen atoms in total. The number of carbonyl (C=O) groups is 5. The van der Waals surface area contributed by atoms with Crippen LogP contribution in [0.2, 0.25) is 0 Å². The Morgan fingerprint density at radius 2 is 1.73 bits per heavy atom. The molecule has 49 heavy (non-hydrogen) atoms. The molecule has 1 aromatic heterocycles. The summed E-state index contributed by atoms with van der Waals surface area (Å²) in [5.41, 5.74) is 12.0. The monoisotopic (exact) mass is 663 g/mol. The molecule has 2 fully saturated rings. The van der Waals surface area contributed by atoms with Crippen LogP contribution in [-0.2, 0) is 27.2 Å². The van der Waals surface area contributed by atoms with E-state index in [1.807, 2.05) is 37.3 Å². The number of carbonyl (C=O) groups excluding carboxylic acids is 5. The topological polar surface area (TPSA) is 160 Å². The number of ketones is 2. The third-order valence-electron chi connectivity index (χ3n) is 10.4. The molecule has 0 unspecified atom stereocenters. The van der Waals surface area contributed by atoms with Crippen molar-refractivity contribution in [1.29, 1.82) is 0 Å². The number of aryl methyl sites for hydroxylation is 2. The van der Waals surface area contributed by atoms with Gasteiger partial charge in [-0.3, -0.25) is 29.0 Å². The number of hydrogen-bond donors (Lipinski definition) is 4. The summed E-state index contributed by atoms with van der Waals surface area (Å²) in [6.45, 7) is 3.18. The highest BCUT2D eigenvalue weighted by Gasteiger charge is 2.31. The Bertz CT molecular complexity index is 1740. The molecular formula is C39H45N5O5. The van der Waals surface area contributed by atoms with Crippen LogP contribution in [0.4, 0.5) is 5.69 Å². The van der Waals surface area contributed by atoms with Crippen molar-refractivity contribution in [2.45, 2.75) is 77.2 Å². The van der Waals surface area contributed by atoms with Gasteiger partial charge in [-0.05, 0) is 117 Å². The first kappa shape index (κ1) is 34.2. The van der Waals surface area contributed by atoms with Crippen LogP contribution >= 0.6 is 0 Å². The van der Waals surface area contributed by atoms with E-state index in [-0.39, 0.29) is 47.3 Å². The number of nitrogens with zero attached hydrogens (tertiary/aromatic N) is 1. The van der Waals surface area contributed by atoms with Crippen LogP contribution in [0.3, 0.4) is 0 Å². The molecule has 2 aliphatic carbocycles. The van der Waals surface area contributed by atoms with Crippen LogP contribution < -0.4 is 21.7 Å². The zero-order chi connectivity index (χ0) is 34.5. The Kier molecular flexibility index (Phi) is 10.6. The number of amides is 3. The summed E-state index contributed by atoms with van der Waals surface area (Å²) >= 11 is 0. The minimum Gasteiger partial charge on any atom is -0.354 e. The predicted molar refractivity (Wildman–Crippen MR) is 187 cm³/mol. The number of fused-ring (bicyclic) bond motifs is 1. The van der Waals surface area contributed by atoms with E-state index in [9.17, 15) is 24.0 Å². The van der Waals surface area contributed by atoms with Crippen molar-refractivity contribution in [3.05, 3.63) is 82.7 Å². The second kappa shape index (κ2) is 15.2. The third-order valence-corrected chi connectivity index (χ3v) is 10.4. The fourth-order valence-electron chi connectivity index (χ4n) is 7.39. The van der Waals surface area contributed by atoms with Crippen LogP contribution in [-0.4, -0.2) is 53.4 Å². The molecule has 5 N–H and O–H groups in total. The van der Waals surface area contributed by atoms with Crippen molar-refractivity contribution in [3.63, 3.8) is 0 Å². The van der Waals surface area contributed by atoms with E-state index < -0.39 is 12.0 Å². The number of benzene rings is 2. The summed E-state index contributed by atoms with van der Waals surface area (Å²) < 4.78 is 0. The minimum absolute atomic E-state index is 0.0492. The Morgan fingerprint density at radius 1 is 0.959 bits per heavy atom. The number of nitrogens with two attached hydrogens (primary N) is 1. The molecule has 2 atom stereocenters. The van der Waals surface area contributed by atoms with Crippen LogP contribution in [0.1, 0.15) is 88.9 Å². The molecule has 0 bridgehead atoms. The maximum atomic E-state index is 13.8. The molecule has 3 amide bonds. The molecule has 2 heterocycles. The van der Waals surface area contributed by atoms with Crippen molar-refractivity contribution in [1.82, 2.24) is 15.6 Å². The summed E-state index contributed by atoms with van der Waals surface area (Å²) in [6.07, 6.45) is 8.29. The minimum atomic E-state index is -0.562. The molecule has 256 valence electrons. The van der Waals surface area contributed by atoms with Crippen LogP contribution in [0.5, 0.6) is 0 Å². The largest absolute Gasteiger partial charge is 0.354 e. The maximum absolute atomic E-state index is 13.8. The number of nitrogens with one attached hydrogen (secondary N) is 3. The highest BCUT2D eigenvalue weighted by molar-refractivity contribution is 6.02. The molecular weight excluding hydrogens is 618 g/mol. The van der Waals surface area contributed by atoms with E-state index in [1.165, 1.54) is 0 Å². The number of aromatic nitrogens is 1. The fraction of sp³-hybridized carbons (Fsp3) is 0.436. The smallest absolute Gasteiger partial charge is 0.270 e. The van der Waals surface area contributed by atoms with Crippen LogP contribution in [0.15, 0.2) is 54.7 Å². The zero-order valence-electron chi connectivity index (χ0n) is 28.1. The Balaban J connectivity index is 1.15. The highest BCUT2D eigenvalue weighted by Crippen LogP contribution is 2.32. The second-order valence-corrected chi connectivity index (χ2v) is 13.8. The lowest BCUT2D eigenvalue weighted by Gasteiger charge is -2.27. The number of pyridine rings is 1. The highest BCUT2D eigenvalue weighted by atomic mass is 16.2. The maximum Gasteiger partial charge on any atom is 0.270 e. The van der Waals surface area contributed by atoms with Gasteiger partial charge in [-0.15, -0.1) is 0 Å². The van der Waals surface area contributed by atoms with Crippen molar-refractivity contribution in [3.8, 4) is 11.1 Å². The summed E-state index contributed by atoms with van der Waals surface area (Å²) in [5.74, 6) is -0.662. The van der Waals surface area contributed by atoms with Gasteiger partial charge in [-0.25, -0.2) is 0 Å². The van der Waals surface area contributed by atoms with E-state index in [0.717, 1.165) is 65.5 Å². The van der Waals surface area contributed by atoms with Crippen LogP contribution in [0, 0.1) is 24.7 Å². The van der Waals surface area contributed by atoms with Gasteiger partial charge in [0.05, 0.1) is 0 Å². The van der Waals surface area contributed by atoms with Gasteiger partial charge in [0, 0.05) is 54.2 Å². The number of anilines is 1. The summed E-state index contributed by atoms with van der Waals surface area (Å²) in [7, 11) is 0. The van der Waals surface area contributed by atoms with Crippen LogP contribution in [0.25, 0.3) is 11.1 Å². The van der Waals surface area contributed by atoms with Gasteiger partial charge < -0.3 is 21.7 Å². The van der Waals surface area contributed by atoms with Gasteiger partial charge in [-0.2, -0.15) is 0 Å². The van der Waals surface area contributed by atoms with Gasteiger partial charge in [0.15, 0.2) is 5.78 Å². The fourth-order valence-corrected chi connectivity index (χ4v) is 7.39. The number of hydrogen-bond acceptors (Lipinski definition) is 7. The molecule has 1 saturated carbocycles. The van der Waals surface area contributed by atoms with Gasteiger partial charge in [-0.1, -0.05) is 24.3 Å². The third kappa shape index (κ3) is 8.13. The van der Waals surface area contributed by atoms with Gasteiger partial charge in [0.1, 0.15) is 17.5 Å². The first-order chi connectivity index (χ1) is 23.7. The average Bonchev–Trinajstić information content (AvgIpc) is 3.48. The summed E-state index contributed by atoms with van der Waals surface area (Å²) in [5, 5.41) is 8.59. The van der Waals surface area contributed by atoms with Crippen molar-refractivity contribution in [2.24, 2.45) is 23.5 Å². The first-order valence-electron chi connectivity index (χ1n) is 17.5. The lowest BCUT2D eigenvalue weighted by Crippen LogP contribution is -2.50. The number of Topliss-reactive ketones (excluding diaryl/α,β-unsaturated/α-hetero) is 2. The average molecular weight is 664 g/mol. The van der Waals surface area contributed by atoms with Crippen molar-refractivity contribution >= 4 is 35.0 Å². The predicted octanol–water partition coefficient (Wildman–Crippen LogP) is 4.72. The van der Waals surface area contributed by atoms with E-state index in [0.29, 0.717) is 50.4 Å². The molecule has 3 aromatic rings. The Hall–Kier alpha value is -4.70. The molecule has 1 saturated heterocycles. The molecule has 0 spiro atoms. The van der Waals surface area contributed by atoms with E-state index in [2.05, 4.69) is 20.9 Å². The first-order valence-corrected chi connectivity index (χ1v) is 17.5. The number of rotatable bonds is 11. The Morgan fingerprint density at radius 3 is 2.45 bits per heavy atom. The van der Waals surface area contributed by atoms with Crippen molar-refractivity contribution in [2.75, 3.05) is 18.4 Å². The second-order valence-electron chi connectivity index (χ2n) is 13.8. The van der Waals surface area contributed by atoms with Crippen molar-refractivity contribution < 1.29 is 24.0 Å². The summed E-state index contributed by atoms with van der Waals surface area (Å²) in [6, 6.07) is 14.5. The lowest BCUT2D eigenvalue weighted by molar-refractivity contribution is -0.129. The van der Waals surface area contributed by atoms with Gasteiger partial charge in [0.2, 0.25) is 11.8 Å². The van der Waals surface area contributed by atoms with E-state index in [4.69, 9.17) is 5.73 Å². The molecule has 2 aromatic carbocycles. The van der Waals surface area contributed by atoms with Gasteiger partial charge in [0.25, 0.3) is 5.91 Å². The SMILES string of the molecule is Cc1cc(C(=O)N[C@@H]2CCCNC2=O)ncc1-c1ccc(C[C@H](CC(=O)C2CCC(CN)CC2)C(=O)Nc2ccc3c(c2)CCC3=O)cc1. The normalized spacial score (nSPS) is 21.0. The Labute approximate surface area is 287 Å². The van der Waals surface area contributed by atoms with E-state index >= 15 is 0 Å². The molecule has 6 rings (SSSR count). The standard InChI is InChI=1S/C39H45N5O5/c1-23-17-34(39(49)44-33-3-2-16-41-38(33)48)42-22-32(23)26-8-4-24(5-9-26)18-29(20-36(46)27-10-6-25(21-40)7-11-27)37(47)43-30-13-14-31-28(19-30)12-15-35(31)45/h4-5,8-9,13-14,17,19,22,25,27,29,33H,2-3,6-7,10-12,15-16,18,20-21,40H2,1H3,(H,41,48)(H,43,47)(H,44,49)/t25?,27?,29-,33-/m1/s1. The summed E-state index contributed by atoms with van der Waals surface area (Å²) in [4.78, 5) is 68.7. The molecule has 10 heteroatoms. The van der Waals surface area contributed by atoms with Gasteiger partial charge >= 0.3 is 0 Å².